The Morgan fingerprint density at radius 3 is 2.86 bits per heavy atom. The second-order valence-electron chi connectivity index (χ2n) is 5.80. The number of aromatic nitrogens is 1. The number of carbonyl (C=O) groups is 1. The van der Waals surface area contributed by atoms with Gasteiger partial charge in [0.05, 0.1) is 23.9 Å². The maximum absolute atomic E-state index is 11.5. The number of nitrogens with zero attached hydrogens (tertiary/aromatic N) is 4. The minimum atomic E-state index is -0.410. The van der Waals surface area contributed by atoms with Crippen LogP contribution in [0.4, 0.5) is 5.69 Å². The molecular formula is C16H16N4O2. The van der Waals surface area contributed by atoms with Crippen LogP contribution in [0, 0.1) is 6.92 Å². The summed E-state index contributed by atoms with van der Waals surface area (Å²) in [5.41, 5.74) is 5.70. The Balaban J connectivity index is 1.71. The van der Waals surface area contributed by atoms with Gasteiger partial charge in [0.25, 0.3) is 0 Å². The van der Waals surface area contributed by atoms with Gasteiger partial charge in [0.15, 0.2) is 0 Å². The summed E-state index contributed by atoms with van der Waals surface area (Å²) in [6, 6.07) is -0.410. The van der Waals surface area contributed by atoms with Crippen LogP contribution in [0.3, 0.4) is 0 Å². The summed E-state index contributed by atoms with van der Waals surface area (Å²) in [7, 11) is 0. The number of aliphatic imine (C=N–C) groups is 2. The molecule has 1 aliphatic carbocycles. The molecule has 2 aliphatic heterocycles. The topological polar surface area (TPSA) is 67.2 Å². The predicted molar refractivity (Wildman–Crippen MR) is 83.0 cm³/mol. The SMILES string of the molecule is Cc1cncc2c1C(=C1CC1)N(CC1=NC(C)C(=O)O1)C=N2. The van der Waals surface area contributed by atoms with E-state index in [0.717, 1.165) is 29.7 Å². The number of esters is 1. The van der Waals surface area contributed by atoms with E-state index >= 15 is 0 Å². The number of aryl methyl sites for hydroxylation is 1. The van der Waals surface area contributed by atoms with Crippen molar-refractivity contribution in [2.45, 2.75) is 32.7 Å². The lowest BCUT2D eigenvalue weighted by Gasteiger charge is -2.28. The van der Waals surface area contributed by atoms with Crippen LogP contribution in [0.25, 0.3) is 5.70 Å². The van der Waals surface area contributed by atoms with Gasteiger partial charge in [-0.1, -0.05) is 0 Å². The third-order valence-electron chi connectivity index (χ3n) is 4.01. The van der Waals surface area contributed by atoms with Gasteiger partial charge in [0, 0.05) is 11.8 Å². The number of ether oxygens (including phenoxy) is 1. The summed E-state index contributed by atoms with van der Waals surface area (Å²) in [5.74, 6) is 0.170. The summed E-state index contributed by atoms with van der Waals surface area (Å²) in [6.45, 7) is 4.22. The molecule has 0 radical (unpaired) electrons. The van der Waals surface area contributed by atoms with E-state index in [0.29, 0.717) is 12.4 Å². The van der Waals surface area contributed by atoms with Gasteiger partial charge in [0.1, 0.15) is 12.6 Å². The Hall–Kier alpha value is -2.50. The molecule has 3 heterocycles. The van der Waals surface area contributed by atoms with Gasteiger partial charge >= 0.3 is 5.97 Å². The molecule has 6 heteroatoms. The second kappa shape index (κ2) is 4.76. The first-order chi connectivity index (χ1) is 10.6. The summed E-state index contributed by atoms with van der Waals surface area (Å²) in [6.07, 6.45) is 7.63. The lowest BCUT2D eigenvalue weighted by atomic mass is 10.0. The molecule has 0 N–H and O–H groups in total. The quantitative estimate of drug-likeness (QED) is 0.785. The van der Waals surface area contributed by atoms with Gasteiger partial charge in [-0.2, -0.15) is 0 Å². The minimum absolute atomic E-state index is 0.287. The smallest absolute Gasteiger partial charge is 0.337 e. The van der Waals surface area contributed by atoms with Crippen molar-refractivity contribution in [1.29, 1.82) is 0 Å². The summed E-state index contributed by atoms with van der Waals surface area (Å²) in [5, 5.41) is 0. The fraction of sp³-hybridized carbons (Fsp3) is 0.375. The lowest BCUT2D eigenvalue weighted by Crippen LogP contribution is -2.30. The van der Waals surface area contributed by atoms with E-state index in [1.807, 2.05) is 18.0 Å². The highest BCUT2D eigenvalue weighted by Crippen LogP contribution is 2.43. The van der Waals surface area contributed by atoms with Gasteiger partial charge in [-0.25, -0.2) is 14.8 Å². The molecule has 4 rings (SSSR count). The largest absolute Gasteiger partial charge is 0.408 e. The fourth-order valence-electron chi connectivity index (χ4n) is 2.80. The van der Waals surface area contributed by atoms with E-state index in [-0.39, 0.29) is 5.97 Å². The Morgan fingerprint density at radius 2 is 2.18 bits per heavy atom. The molecule has 0 amide bonds. The molecule has 112 valence electrons. The zero-order valence-corrected chi connectivity index (χ0v) is 12.5. The van der Waals surface area contributed by atoms with Crippen LogP contribution in [0.1, 0.15) is 30.9 Å². The predicted octanol–water partition coefficient (Wildman–Crippen LogP) is 2.21. The Kier molecular flexibility index (Phi) is 2.85. The van der Waals surface area contributed by atoms with Crippen molar-refractivity contribution >= 4 is 29.6 Å². The lowest BCUT2D eigenvalue weighted by molar-refractivity contribution is -0.134. The van der Waals surface area contributed by atoms with Crippen molar-refractivity contribution in [3.8, 4) is 0 Å². The standard InChI is InChI=1S/C16H16N4O2/c1-9-5-17-6-12-14(9)15(11-3-4-11)20(8-18-12)7-13-19-10(2)16(21)22-13/h5-6,8,10H,3-4,7H2,1-2H3. The summed E-state index contributed by atoms with van der Waals surface area (Å²) < 4.78 is 5.22. The molecule has 0 bridgehead atoms. The maximum atomic E-state index is 11.5. The molecule has 1 aromatic rings. The highest BCUT2D eigenvalue weighted by Gasteiger charge is 2.32. The van der Waals surface area contributed by atoms with E-state index < -0.39 is 6.04 Å². The number of allylic oxidation sites excluding steroid dienone is 1. The molecule has 1 saturated carbocycles. The molecule has 1 atom stereocenters. The molecule has 1 unspecified atom stereocenters. The number of hydrogen-bond donors (Lipinski definition) is 0. The first-order valence-corrected chi connectivity index (χ1v) is 7.39. The van der Waals surface area contributed by atoms with Gasteiger partial charge in [-0.3, -0.25) is 4.98 Å². The number of fused-ring (bicyclic) bond motifs is 1. The zero-order chi connectivity index (χ0) is 15.3. The Morgan fingerprint density at radius 1 is 1.36 bits per heavy atom. The van der Waals surface area contributed by atoms with Crippen molar-refractivity contribution in [3.63, 3.8) is 0 Å². The molecule has 22 heavy (non-hydrogen) atoms. The minimum Gasteiger partial charge on any atom is -0.408 e. The monoisotopic (exact) mass is 296 g/mol. The van der Waals surface area contributed by atoms with E-state index in [4.69, 9.17) is 4.74 Å². The maximum Gasteiger partial charge on any atom is 0.337 e. The molecule has 0 spiro atoms. The number of pyridine rings is 1. The van der Waals surface area contributed by atoms with E-state index in [9.17, 15) is 4.79 Å². The first kappa shape index (κ1) is 13.2. The molecule has 0 saturated heterocycles. The van der Waals surface area contributed by atoms with Gasteiger partial charge < -0.3 is 9.64 Å². The summed E-state index contributed by atoms with van der Waals surface area (Å²) in [4.78, 5) is 26.5. The molecular weight excluding hydrogens is 280 g/mol. The van der Waals surface area contributed by atoms with E-state index in [1.54, 1.807) is 19.5 Å². The van der Waals surface area contributed by atoms with Crippen LogP contribution >= 0.6 is 0 Å². The average Bonchev–Trinajstić information content (AvgIpc) is 3.27. The van der Waals surface area contributed by atoms with Crippen LogP contribution in [-0.2, 0) is 9.53 Å². The van der Waals surface area contributed by atoms with Crippen LogP contribution in [0.15, 0.2) is 28.0 Å². The number of carbonyl (C=O) groups excluding carboxylic acids is 1. The van der Waals surface area contributed by atoms with E-state index in [1.165, 1.54) is 11.3 Å². The third kappa shape index (κ3) is 2.11. The molecule has 3 aliphatic rings. The first-order valence-electron chi connectivity index (χ1n) is 7.39. The van der Waals surface area contributed by atoms with Crippen LogP contribution in [-0.4, -0.2) is 40.7 Å². The normalized spacial score (nSPS) is 22.6. The van der Waals surface area contributed by atoms with Gasteiger partial charge in [-0.05, 0) is 37.8 Å². The fourth-order valence-corrected chi connectivity index (χ4v) is 2.80. The number of cyclic esters (lactones) is 1. The van der Waals surface area contributed by atoms with Gasteiger partial charge in [-0.15, -0.1) is 0 Å². The van der Waals surface area contributed by atoms with Crippen molar-refractivity contribution in [3.05, 3.63) is 29.1 Å². The highest BCUT2D eigenvalue weighted by atomic mass is 16.6. The van der Waals surface area contributed by atoms with Crippen LogP contribution in [0.5, 0.6) is 0 Å². The van der Waals surface area contributed by atoms with E-state index in [2.05, 4.69) is 15.0 Å². The third-order valence-corrected chi connectivity index (χ3v) is 4.01. The zero-order valence-electron chi connectivity index (χ0n) is 12.5. The van der Waals surface area contributed by atoms with Crippen LogP contribution < -0.4 is 0 Å². The van der Waals surface area contributed by atoms with Gasteiger partial charge in [0.2, 0.25) is 5.90 Å². The average molecular weight is 296 g/mol. The van der Waals surface area contributed by atoms with Crippen molar-refractivity contribution in [2.75, 3.05) is 6.54 Å². The summed E-state index contributed by atoms with van der Waals surface area (Å²) >= 11 is 0. The van der Waals surface area contributed by atoms with Crippen LogP contribution in [0.2, 0.25) is 0 Å². The molecule has 1 fully saturated rings. The number of hydrogen-bond acceptors (Lipinski definition) is 6. The van der Waals surface area contributed by atoms with Crippen molar-refractivity contribution < 1.29 is 9.53 Å². The second-order valence-corrected chi connectivity index (χ2v) is 5.80. The molecule has 0 aromatic carbocycles. The van der Waals surface area contributed by atoms with Crippen molar-refractivity contribution in [2.24, 2.45) is 9.98 Å². The van der Waals surface area contributed by atoms with Crippen molar-refractivity contribution in [1.82, 2.24) is 9.88 Å². The molecule has 6 nitrogen and oxygen atoms in total. The Labute approximate surface area is 128 Å². The Bertz CT molecular complexity index is 757. The molecule has 1 aromatic heterocycles. The highest BCUT2D eigenvalue weighted by molar-refractivity contribution is 6.00. The number of rotatable bonds is 2.